The number of hydrogen-bond acceptors (Lipinski definition) is 3. The Morgan fingerprint density at radius 1 is 1.07 bits per heavy atom. The maximum Gasteiger partial charge on any atom is 0.227 e. The summed E-state index contributed by atoms with van der Waals surface area (Å²) < 4.78 is 0. The van der Waals surface area contributed by atoms with Crippen LogP contribution in [-0.2, 0) is 17.9 Å². The van der Waals surface area contributed by atoms with E-state index in [9.17, 15) is 4.79 Å². The van der Waals surface area contributed by atoms with Crippen molar-refractivity contribution in [1.82, 2.24) is 10.6 Å². The first-order chi connectivity index (χ1) is 13.6. The molecule has 0 bridgehead atoms. The van der Waals surface area contributed by atoms with Crippen molar-refractivity contribution in [3.63, 3.8) is 0 Å². The molecule has 2 aromatic carbocycles. The van der Waals surface area contributed by atoms with Crippen LogP contribution in [0.5, 0.6) is 0 Å². The fraction of sp³-hybridized carbons (Fsp3) is 0.364. The molecule has 6 nitrogen and oxygen atoms in total. The van der Waals surface area contributed by atoms with Gasteiger partial charge in [-0.3, -0.25) is 9.79 Å². The molecular formula is C22H29N5O. The monoisotopic (exact) mass is 379 g/mol. The highest BCUT2D eigenvalue weighted by Gasteiger charge is 2.21. The van der Waals surface area contributed by atoms with Gasteiger partial charge in [-0.25, -0.2) is 0 Å². The molecule has 1 aliphatic rings. The third kappa shape index (κ3) is 5.03. The average molecular weight is 380 g/mol. The van der Waals surface area contributed by atoms with Crippen LogP contribution in [0.1, 0.15) is 24.0 Å². The zero-order valence-corrected chi connectivity index (χ0v) is 16.9. The molecule has 1 heterocycles. The second-order valence-electron chi connectivity index (χ2n) is 7.16. The Balaban J connectivity index is 1.51. The quantitative estimate of drug-likeness (QED) is 0.599. The van der Waals surface area contributed by atoms with Crippen molar-refractivity contribution < 1.29 is 4.79 Å². The van der Waals surface area contributed by atoms with E-state index < -0.39 is 0 Å². The van der Waals surface area contributed by atoms with Crippen molar-refractivity contribution in [2.45, 2.75) is 25.9 Å². The summed E-state index contributed by atoms with van der Waals surface area (Å²) >= 11 is 0. The van der Waals surface area contributed by atoms with Crippen LogP contribution in [0.3, 0.4) is 0 Å². The van der Waals surface area contributed by atoms with Gasteiger partial charge in [-0.1, -0.05) is 24.3 Å². The van der Waals surface area contributed by atoms with Crippen molar-refractivity contribution in [2.24, 2.45) is 4.99 Å². The van der Waals surface area contributed by atoms with Crippen molar-refractivity contribution in [1.29, 1.82) is 0 Å². The molecule has 1 amide bonds. The molecule has 0 atom stereocenters. The van der Waals surface area contributed by atoms with Crippen LogP contribution in [0.2, 0.25) is 0 Å². The molecule has 0 aromatic heterocycles. The van der Waals surface area contributed by atoms with Gasteiger partial charge in [0.15, 0.2) is 5.96 Å². The number of guanidine groups is 1. The molecular weight excluding hydrogens is 350 g/mol. The number of hydrogen-bond donors (Lipinski definition) is 2. The highest BCUT2D eigenvalue weighted by molar-refractivity contribution is 5.95. The number of benzene rings is 2. The summed E-state index contributed by atoms with van der Waals surface area (Å²) in [5.41, 5.74) is 4.51. The van der Waals surface area contributed by atoms with E-state index in [1.807, 2.05) is 31.1 Å². The minimum absolute atomic E-state index is 0.216. The minimum Gasteiger partial charge on any atom is -0.378 e. The number of aliphatic imine (C=N–C) groups is 1. The highest BCUT2D eigenvalue weighted by atomic mass is 16.2. The number of carbonyl (C=O) groups excluding carboxylic acids is 1. The minimum atomic E-state index is 0.216. The third-order valence-corrected chi connectivity index (χ3v) is 4.89. The average Bonchev–Trinajstić information content (AvgIpc) is 3.14. The Hall–Kier alpha value is -3.02. The van der Waals surface area contributed by atoms with Gasteiger partial charge in [0.05, 0.1) is 0 Å². The Morgan fingerprint density at radius 2 is 1.79 bits per heavy atom. The second-order valence-corrected chi connectivity index (χ2v) is 7.16. The van der Waals surface area contributed by atoms with Crippen LogP contribution in [0.15, 0.2) is 53.5 Å². The number of nitrogens with one attached hydrogen (secondary N) is 2. The van der Waals surface area contributed by atoms with E-state index in [2.05, 4.69) is 56.9 Å². The molecule has 1 saturated heterocycles. The molecule has 6 heteroatoms. The Bertz CT molecular complexity index is 829. The smallest absolute Gasteiger partial charge is 0.227 e. The first-order valence-electron chi connectivity index (χ1n) is 9.67. The van der Waals surface area contributed by atoms with E-state index in [0.29, 0.717) is 19.5 Å². The molecule has 0 unspecified atom stereocenters. The summed E-state index contributed by atoms with van der Waals surface area (Å²) in [6.07, 6.45) is 1.60. The molecule has 3 rings (SSSR count). The molecule has 0 saturated carbocycles. The maximum atomic E-state index is 11.8. The lowest BCUT2D eigenvalue weighted by molar-refractivity contribution is -0.117. The molecule has 28 heavy (non-hydrogen) atoms. The summed E-state index contributed by atoms with van der Waals surface area (Å²) in [4.78, 5) is 20.1. The predicted octanol–water partition coefficient (Wildman–Crippen LogP) is 2.74. The van der Waals surface area contributed by atoms with Gasteiger partial charge in [-0.2, -0.15) is 0 Å². The van der Waals surface area contributed by atoms with Crippen LogP contribution >= 0.6 is 0 Å². The SMILES string of the molecule is CN=C(NCc1ccc(N2CCCC2=O)cc1)NCc1cccc(N(C)C)c1. The van der Waals surface area contributed by atoms with Gasteiger partial charge in [-0.05, 0) is 41.8 Å². The molecule has 2 N–H and O–H groups in total. The fourth-order valence-electron chi connectivity index (χ4n) is 3.25. The molecule has 0 aliphatic carbocycles. The molecule has 2 aromatic rings. The summed E-state index contributed by atoms with van der Waals surface area (Å²) in [5, 5.41) is 6.69. The third-order valence-electron chi connectivity index (χ3n) is 4.89. The van der Waals surface area contributed by atoms with E-state index >= 15 is 0 Å². The lowest BCUT2D eigenvalue weighted by Gasteiger charge is -2.17. The van der Waals surface area contributed by atoms with Gasteiger partial charge in [0.1, 0.15) is 0 Å². The maximum absolute atomic E-state index is 11.8. The summed E-state index contributed by atoms with van der Waals surface area (Å²) in [6.45, 7) is 2.20. The number of nitrogens with zero attached hydrogens (tertiary/aromatic N) is 3. The summed E-state index contributed by atoms with van der Waals surface area (Å²) in [5.74, 6) is 0.975. The van der Waals surface area contributed by atoms with E-state index in [1.54, 1.807) is 7.05 Å². The topological polar surface area (TPSA) is 60.0 Å². The van der Waals surface area contributed by atoms with Crippen LogP contribution in [0, 0.1) is 0 Å². The van der Waals surface area contributed by atoms with E-state index in [4.69, 9.17) is 0 Å². The Labute approximate surface area is 167 Å². The van der Waals surface area contributed by atoms with Crippen LogP contribution in [-0.4, -0.2) is 39.6 Å². The number of anilines is 2. The summed E-state index contributed by atoms with van der Waals surface area (Å²) in [6, 6.07) is 16.6. The number of rotatable bonds is 6. The Morgan fingerprint density at radius 3 is 2.39 bits per heavy atom. The highest BCUT2D eigenvalue weighted by Crippen LogP contribution is 2.21. The first-order valence-corrected chi connectivity index (χ1v) is 9.67. The van der Waals surface area contributed by atoms with Crippen molar-refractivity contribution in [2.75, 3.05) is 37.5 Å². The van der Waals surface area contributed by atoms with Crippen molar-refractivity contribution in [3.8, 4) is 0 Å². The number of carbonyl (C=O) groups is 1. The zero-order chi connectivity index (χ0) is 19.9. The standard InChI is InChI=1S/C22H29N5O/c1-23-22(25-16-18-6-4-7-20(14-18)26(2)3)24-15-17-9-11-19(12-10-17)27-13-5-8-21(27)28/h4,6-7,9-12,14H,5,8,13,15-16H2,1-3H3,(H2,23,24,25). The van der Waals surface area contributed by atoms with Crippen LogP contribution in [0.4, 0.5) is 11.4 Å². The molecule has 0 spiro atoms. The largest absolute Gasteiger partial charge is 0.378 e. The van der Waals surface area contributed by atoms with Gasteiger partial charge < -0.3 is 20.4 Å². The molecule has 1 aliphatic heterocycles. The van der Waals surface area contributed by atoms with Crippen LogP contribution in [0.25, 0.3) is 0 Å². The van der Waals surface area contributed by atoms with E-state index in [1.165, 1.54) is 11.3 Å². The lowest BCUT2D eigenvalue weighted by atomic mass is 10.2. The van der Waals surface area contributed by atoms with Crippen molar-refractivity contribution in [3.05, 3.63) is 59.7 Å². The molecule has 0 radical (unpaired) electrons. The fourth-order valence-corrected chi connectivity index (χ4v) is 3.25. The van der Waals surface area contributed by atoms with Crippen LogP contribution < -0.4 is 20.4 Å². The van der Waals surface area contributed by atoms with Gasteiger partial charge >= 0.3 is 0 Å². The van der Waals surface area contributed by atoms with Crippen molar-refractivity contribution >= 4 is 23.2 Å². The normalized spacial score (nSPS) is 14.3. The molecule has 1 fully saturated rings. The number of amides is 1. The lowest BCUT2D eigenvalue weighted by Crippen LogP contribution is -2.36. The van der Waals surface area contributed by atoms with Gasteiger partial charge in [0, 0.05) is 58.6 Å². The predicted molar refractivity (Wildman–Crippen MR) is 116 cm³/mol. The zero-order valence-electron chi connectivity index (χ0n) is 16.9. The second kappa shape index (κ2) is 9.26. The molecule has 148 valence electrons. The Kier molecular flexibility index (Phi) is 6.53. The summed E-state index contributed by atoms with van der Waals surface area (Å²) in [7, 11) is 5.85. The van der Waals surface area contributed by atoms with E-state index in [0.717, 1.165) is 30.2 Å². The van der Waals surface area contributed by atoms with Gasteiger partial charge in [0.2, 0.25) is 5.91 Å². The van der Waals surface area contributed by atoms with Gasteiger partial charge in [-0.15, -0.1) is 0 Å². The van der Waals surface area contributed by atoms with E-state index in [-0.39, 0.29) is 5.91 Å². The van der Waals surface area contributed by atoms with Gasteiger partial charge in [0.25, 0.3) is 0 Å². The first kappa shape index (κ1) is 19.7.